The Morgan fingerprint density at radius 1 is 1.27 bits per heavy atom. The van der Waals surface area contributed by atoms with Crippen LogP contribution in [0.1, 0.15) is 40.0 Å². The van der Waals surface area contributed by atoms with Gasteiger partial charge in [-0.05, 0) is 31.5 Å². The van der Waals surface area contributed by atoms with Gasteiger partial charge < -0.3 is 14.7 Å². The van der Waals surface area contributed by atoms with E-state index in [2.05, 4.69) is 36.4 Å². The van der Waals surface area contributed by atoms with Crippen molar-refractivity contribution in [3.05, 3.63) is 57.0 Å². The SMILES string of the molecule is CC(=O)NCc1nnc(-c2[nH]c(C)c(C(=O)c3cccc(Br)c3)c2C)o1. The highest BCUT2D eigenvalue weighted by molar-refractivity contribution is 9.10. The number of hydrogen-bond acceptors (Lipinski definition) is 5. The largest absolute Gasteiger partial charge is 0.417 e. The fraction of sp³-hybridized carbons (Fsp3) is 0.222. The number of H-pyrrole nitrogens is 1. The monoisotopic (exact) mass is 416 g/mol. The van der Waals surface area contributed by atoms with E-state index in [1.807, 2.05) is 26.0 Å². The molecule has 0 atom stereocenters. The minimum atomic E-state index is -0.182. The molecule has 0 bridgehead atoms. The van der Waals surface area contributed by atoms with Crippen LogP contribution in [0.2, 0.25) is 0 Å². The normalized spacial score (nSPS) is 10.8. The summed E-state index contributed by atoms with van der Waals surface area (Å²) in [6.45, 7) is 5.23. The molecular weight excluding hydrogens is 400 g/mol. The van der Waals surface area contributed by atoms with Crippen LogP contribution >= 0.6 is 15.9 Å². The van der Waals surface area contributed by atoms with Crippen molar-refractivity contribution in [3.8, 4) is 11.6 Å². The van der Waals surface area contributed by atoms with Crippen molar-refractivity contribution in [2.24, 2.45) is 0 Å². The molecule has 7 nitrogen and oxygen atoms in total. The summed E-state index contributed by atoms with van der Waals surface area (Å²) >= 11 is 3.39. The molecule has 2 heterocycles. The number of carbonyl (C=O) groups is 2. The van der Waals surface area contributed by atoms with Crippen molar-refractivity contribution in [2.45, 2.75) is 27.3 Å². The lowest BCUT2D eigenvalue weighted by atomic mass is 10.00. The Labute approximate surface area is 158 Å². The first-order valence-electron chi connectivity index (χ1n) is 7.93. The van der Waals surface area contributed by atoms with Crippen LogP contribution in [-0.4, -0.2) is 26.9 Å². The van der Waals surface area contributed by atoms with E-state index in [4.69, 9.17) is 4.42 Å². The van der Waals surface area contributed by atoms with Crippen LogP contribution in [0.4, 0.5) is 0 Å². The van der Waals surface area contributed by atoms with Crippen LogP contribution in [0, 0.1) is 13.8 Å². The van der Waals surface area contributed by atoms with Gasteiger partial charge in [-0.2, -0.15) is 0 Å². The number of ketones is 1. The van der Waals surface area contributed by atoms with Crippen LogP contribution in [-0.2, 0) is 11.3 Å². The average Bonchev–Trinajstić information content (AvgIpc) is 3.17. The highest BCUT2D eigenvalue weighted by atomic mass is 79.9. The fourth-order valence-corrected chi connectivity index (χ4v) is 3.10. The third-order valence-corrected chi connectivity index (χ3v) is 4.41. The van der Waals surface area contributed by atoms with E-state index in [-0.39, 0.29) is 24.1 Å². The Hall–Kier alpha value is -2.74. The van der Waals surface area contributed by atoms with Gasteiger partial charge in [-0.3, -0.25) is 9.59 Å². The van der Waals surface area contributed by atoms with Gasteiger partial charge in [0.1, 0.15) is 5.69 Å². The number of carbonyl (C=O) groups excluding carboxylic acids is 2. The van der Waals surface area contributed by atoms with Gasteiger partial charge in [0.05, 0.1) is 6.54 Å². The molecule has 1 aromatic carbocycles. The number of amides is 1. The number of aromatic nitrogens is 3. The van der Waals surface area contributed by atoms with E-state index < -0.39 is 0 Å². The molecule has 3 rings (SSSR count). The molecule has 0 spiro atoms. The molecule has 26 heavy (non-hydrogen) atoms. The van der Waals surface area contributed by atoms with Gasteiger partial charge in [-0.15, -0.1) is 10.2 Å². The predicted octanol–water partition coefficient (Wildman–Crippen LogP) is 3.31. The molecule has 2 N–H and O–H groups in total. The summed E-state index contributed by atoms with van der Waals surface area (Å²) in [6.07, 6.45) is 0. The highest BCUT2D eigenvalue weighted by Crippen LogP contribution is 2.29. The fourth-order valence-electron chi connectivity index (χ4n) is 2.70. The van der Waals surface area contributed by atoms with Gasteiger partial charge in [-0.25, -0.2) is 0 Å². The maximum absolute atomic E-state index is 12.9. The molecule has 1 amide bonds. The molecule has 134 valence electrons. The van der Waals surface area contributed by atoms with Gasteiger partial charge in [0.25, 0.3) is 5.89 Å². The summed E-state index contributed by atoms with van der Waals surface area (Å²) in [6, 6.07) is 7.25. The first kappa shape index (κ1) is 18.1. The molecule has 0 aliphatic rings. The number of aryl methyl sites for hydroxylation is 1. The molecular formula is C18H17BrN4O3. The quantitative estimate of drug-likeness (QED) is 0.621. The lowest BCUT2D eigenvalue weighted by Crippen LogP contribution is -2.18. The molecule has 0 unspecified atom stereocenters. The molecule has 0 aliphatic carbocycles. The number of halogens is 1. The third-order valence-electron chi connectivity index (χ3n) is 3.92. The van der Waals surface area contributed by atoms with Gasteiger partial charge in [0.15, 0.2) is 5.78 Å². The number of benzene rings is 1. The van der Waals surface area contributed by atoms with Crippen LogP contribution in [0.3, 0.4) is 0 Å². The van der Waals surface area contributed by atoms with Crippen molar-refractivity contribution in [2.75, 3.05) is 0 Å². The molecule has 2 aromatic heterocycles. The van der Waals surface area contributed by atoms with Gasteiger partial charge in [0, 0.05) is 28.2 Å². The minimum absolute atomic E-state index is 0.0817. The summed E-state index contributed by atoms with van der Waals surface area (Å²) in [5.41, 5.74) is 3.24. The van der Waals surface area contributed by atoms with Crippen molar-refractivity contribution >= 4 is 27.6 Å². The number of rotatable bonds is 5. The maximum Gasteiger partial charge on any atom is 0.264 e. The summed E-state index contributed by atoms with van der Waals surface area (Å²) in [4.78, 5) is 27.1. The van der Waals surface area contributed by atoms with Crippen molar-refractivity contribution in [3.63, 3.8) is 0 Å². The first-order chi connectivity index (χ1) is 12.4. The Morgan fingerprint density at radius 3 is 2.73 bits per heavy atom. The molecule has 0 saturated heterocycles. The standard InChI is InChI=1S/C18H17BrN4O3/c1-9-15(17(25)12-5-4-6-13(19)7-12)10(2)21-16(9)18-23-22-14(26-18)8-20-11(3)24/h4-7,21H,8H2,1-3H3,(H,20,24). The zero-order valence-electron chi connectivity index (χ0n) is 14.5. The summed E-state index contributed by atoms with van der Waals surface area (Å²) in [7, 11) is 0. The zero-order valence-corrected chi connectivity index (χ0v) is 16.1. The van der Waals surface area contributed by atoms with Gasteiger partial charge >= 0.3 is 0 Å². The number of aromatic amines is 1. The van der Waals surface area contributed by atoms with E-state index in [1.165, 1.54) is 6.92 Å². The van der Waals surface area contributed by atoms with E-state index in [9.17, 15) is 9.59 Å². The number of nitrogens with one attached hydrogen (secondary N) is 2. The number of nitrogens with zero attached hydrogens (tertiary/aromatic N) is 2. The van der Waals surface area contributed by atoms with Crippen LogP contribution in [0.5, 0.6) is 0 Å². The topological polar surface area (TPSA) is 101 Å². The Bertz CT molecular complexity index is 990. The highest BCUT2D eigenvalue weighted by Gasteiger charge is 2.23. The molecule has 0 aliphatic heterocycles. The molecule has 0 saturated carbocycles. The molecule has 0 fully saturated rings. The van der Waals surface area contributed by atoms with E-state index in [1.54, 1.807) is 12.1 Å². The second-order valence-electron chi connectivity index (χ2n) is 5.88. The zero-order chi connectivity index (χ0) is 18.8. The van der Waals surface area contributed by atoms with Crippen LogP contribution < -0.4 is 5.32 Å². The van der Waals surface area contributed by atoms with E-state index in [0.29, 0.717) is 22.7 Å². The van der Waals surface area contributed by atoms with E-state index in [0.717, 1.165) is 15.7 Å². The van der Waals surface area contributed by atoms with Crippen molar-refractivity contribution < 1.29 is 14.0 Å². The summed E-state index contributed by atoms with van der Waals surface area (Å²) < 4.78 is 6.43. The van der Waals surface area contributed by atoms with Crippen molar-refractivity contribution in [1.29, 1.82) is 0 Å². The molecule has 3 aromatic rings. The third kappa shape index (κ3) is 3.60. The first-order valence-corrected chi connectivity index (χ1v) is 8.72. The second-order valence-corrected chi connectivity index (χ2v) is 6.79. The average molecular weight is 417 g/mol. The van der Waals surface area contributed by atoms with Gasteiger partial charge in [-0.1, -0.05) is 28.1 Å². The van der Waals surface area contributed by atoms with E-state index >= 15 is 0 Å². The van der Waals surface area contributed by atoms with Gasteiger partial charge in [0.2, 0.25) is 11.8 Å². The number of hydrogen-bond donors (Lipinski definition) is 2. The lowest BCUT2D eigenvalue weighted by Gasteiger charge is -2.03. The van der Waals surface area contributed by atoms with Crippen LogP contribution in [0.15, 0.2) is 33.2 Å². The minimum Gasteiger partial charge on any atom is -0.417 e. The maximum atomic E-state index is 12.9. The van der Waals surface area contributed by atoms with Crippen molar-refractivity contribution in [1.82, 2.24) is 20.5 Å². The second kappa shape index (κ2) is 7.25. The van der Waals surface area contributed by atoms with Crippen LogP contribution in [0.25, 0.3) is 11.6 Å². The molecule has 8 heteroatoms. The Kier molecular flexibility index (Phi) is 5.03. The predicted molar refractivity (Wildman–Crippen MR) is 98.7 cm³/mol. The lowest BCUT2D eigenvalue weighted by molar-refractivity contribution is -0.119. The summed E-state index contributed by atoms with van der Waals surface area (Å²) in [5.74, 6) is 0.307. The summed E-state index contributed by atoms with van der Waals surface area (Å²) in [5, 5.41) is 10.5. The Morgan fingerprint density at radius 2 is 2.04 bits per heavy atom. The molecule has 0 radical (unpaired) electrons. The Balaban J connectivity index is 1.93. The smallest absolute Gasteiger partial charge is 0.264 e.